The van der Waals surface area contributed by atoms with Crippen LogP contribution in [0.3, 0.4) is 0 Å². The maximum absolute atomic E-state index is 12.2. The number of para-hydroxylation sites is 4. The summed E-state index contributed by atoms with van der Waals surface area (Å²) in [6.07, 6.45) is 33.8. The van der Waals surface area contributed by atoms with Gasteiger partial charge in [-0.05, 0) is 159 Å². The zero-order valence-electron chi connectivity index (χ0n) is 72.2. The van der Waals surface area contributed by atoms with Crippen LogP contribution in [-0.4, -0.2) is 107 Å². The number of nitrogens with zero attached hydrogens (tertiary/aromatic N) is 1. The van der Waals surface area contributed by atoms with Gasteiger partial charge in [0.05, 0.1) is 18.1 Å². The first-order valence-corrected chi connectivity index (χ1v) is 47.7. The second kappa shape index (κ2) is 68.1. The summed E-state index contributed by atoms with van der Waals surface area (Å²) >= 11 is 4.24. The van der Waals surface area contributed by atoms with Gasteiger partial charge in [0.15, 0.2) is 34.7 Å². The summed E-state index contributed by atoms with van der Waals surface area (Å²) in [7, 11) is 4.50. The van der Waals surface area contributed by atoms with Gasteiger partial charge in [0.1, 0.15) is 5.69 Å². The molecule has 0 aliphatic carbocycles. The van der Waals surface area contributed by atoms with E-state index in [0.717, 1.165) is 99.1 Å². The summed E-state index contributed by atoms with van der Waals surface area (Å²) in [5.41, 5.74) is 34.6. The Bertz CT molecular complexity index is 3940. The van der Waals surface area contributed by atoms with Crippen LogP contribution in [0.4, 0.5) is 11.4 Å². The van der Waals surface area contributed by atoms with Gasteiger partial charge in [-0.1, -0.05) is 239 Å². The Hall–Kier alpha value is -8.89. The average molecular weight is 1840 g/mol. The first kappa shape index (κ1) is 108. The Morgan fingerprint density at radius 3 is 0.872 bits per heavy atom. The average Bonchev–Trinajstić information content (AvgIpc) is 1.70. The Balaban J connectivity index is 0.00000141. The highest BCUT2D eigenvalue weighted by atomic mass is 128. The third-order valence-corrected chi connectivity index (χ3v) is 19.1. The summed E-state index contributed by atoms with van der Waals surface area (Å²) < 4.78 is 0. The minimum atomic E-state index is -0.453. The zero-order chi connectivity index (χ0) is 87.7. The van der Waals surface area contributed by atoms with Gasteiger partial charge in [-0.25, -0.2) is 0 Å². The molecule has 9 aromatic rings. The molecule has 3 amide bonds. The highest BCUT2D eigenvalue weighted by Crippen LogP contribution is 2.24. The van der Waals surface area contributed by atoms with Gasteiger partial charge >= 0.3 is 0 Å². The normalized spacial score (nSPS) is 10.8. The quantitative estimate of drug-likeness (QED) is 0.00560. The lowest BCUT2D eigenvalue weighted by Crippen LogP contribution is -2.41. The topological polar surface area (TPSA) is 379 Å². The Labute approximate surface area is 721 Å². The molecule has 0 bridgehead atoms. The molecule has 6 aromatic carbocycles. The van der Waals surface area contributed by atoms with Gasteiger partial charge in [-0.15, -0.1) is 0 Å². The molecule has 16 N–H and O–H groups in total. The largest absolute Gasteiger partial charge is 0.398 e. The van der Waals surface area contributed by atoms with E-state index >= 15 is 0 Å². The van der Waals surface area contributed by atoms with E-state index in [-0.39, 0.29) is 52.4 Å². The number of nitrogens with two attached hydrogens (primary N) is 5. The van der Waals surface area contributed by atoms with E-state index in [0.29, 0.717) is 61.0 Å². The smallest absolute Gasteiger partial charge is 0.220 e. The number of Topliss-reactive ketones (excluding diaryl/α,β-unsaturated/α-hetero) is 6. The van der Waals surface area contributed by atoms with Crippen molar-refractivity contribution in [2.75, 3.05) is 26.9 Å². The van der Waals surface area contributed by atoms with E-state index < -0.39 is 18.1 Å². The molecule has 0 spiro atoms. The molecule has 0 saturated heterocycles. The number of H-pyrrole nitrogens is 3. The molecule has 0 aliphatic rings. The number of hydrogen-bond acceptors (Lipinski definition) is 14. The number of unbranched alkanes of at least 4 members (excludes halogenated alkanes) is 18. The Morgan fingerprint density at radius 2 is 0.615 bits per heavy atom. The molecule has 3 unspecified atom stereocenters. The number of aromatic amines is 3. The number of hydrogen-bond donors (Lipinski definition) is 11. The molecule has 3 heterocycles. The summed E-state index contributed by atoms with van der Waals surface area (Å²) in [4.78, 5) is 115. The van der Waals surface area contributed by atoms with Crippen molar-refractivity contribution in [1.29, 1.82) is 0 Å². The molecular weight excluding hydrogens is 1690 g/mol. The molecule has 642 valence electrons. The number of fused-ring (bicyclic) bond motifs is 3. The van der Waals surface area contributed by atoms with Crippen LogP contribution in [-0.2, 0) is 48.0 Å². The SMILES string of the molecule is CC(=O)c1ccccc1C.CC(=O)c1ccccc1N.CC(=O)c1ccccc1N=[NH2+].CCCCCCCCCC(=O)NC(Cc1c[nH]c2ccccc12)C(C)=O.CCCCCCCCCC(=O)NC(Cc1c[nH]c2ccccc12)C(C)=O.CCCCCCCCCC(=O)NC(Cc1c[nH]c2ccccc12)C(C)=O.CN.CN.CN.II. The second-order valence-corrected chi connectivity index (χ2v) is 28.2. The molecule has 0 radical (unpaired) electrons. The van der Waals surface area contributed by atoms with Crippen molar-refractivity contribution in [2.24, 2.45) is 22.3 Å². The molecule has 3 aromatic heterocycles. The molecule has 21 nitrogen and oxygen atoms in total. The fourth-order valence-corrected chi connectivity index (χ4v) is 12.6. The van der Waals surface area contributed by atoms with Crippen LogP contribution >= 0.6 is 37.2 Å². The lowest BCUT2D eigenvalue weighted by Gasteiger charge is -2.15. The molecule has 117 heavy (non-hydrogen) atoms. The van der Waals surface area contributed by atoms with Crippen molar-refractivity contribution in [3.05, 3.63) is 203 Å². The fraction of sp³-hybridized carbons (Fsp3) is 0.457. The van der Waals surface area contributed by atoms with Crippen molar-refractivity contribution >= 4 is 134 Å². The number of anilines is 1. The van der Waals surface area contributed by atoms with E-state index in [9.17, 15) is 43.2 Å². The minimum absolute atomic E-state index is 0.00296. The van der Waals surface area contributed by atoms with Gasteiger partial charge in [-0.3, -0.25) is 43.2 Å². The molecule has 23 heteroatoms. The number of carbonyl (C=O) groups excluding carboxylic acids is 9. The van der Waals surface area contributed by atoms with Gasteiger partial charge in [-0.2, -0.15) is 5.53 Å². The first-order valence-electron chi connectivity index (χ1n) is 41.4. The number of benzene rings is 6. The van der Waals surface area contributed by atoms with Crippen LogP contribution in [0, 0.1) is 6.92 Å². The number of nitrogens with one attached hydrogen (secondary N) is 6. The zero-order valence-corrected chi connectivity index (χ0v) is 76.5. The first-order chi connectivity index (χ1) is 56.5. The van der Waals surface area contributed by atoms with Gasteiger partial charge < -0.3 is 53.8 Å². The number of ketones is 6. The number of nitrogen functional groups attached to an aromatic ring is 1. The number of aromatic nitrogens is 3. The van der Waals surface area contributed by atoms with E-state index in [1.165, 1.54) is 131 Å². The lowest BCUT2D eigenvalue weighted by atomic mass is 10.0. The number of rotatable bonds is 40. The second-order valence-electron chi connectivity index (χ2n) is 28.2. The van der Waals surface area contributed by atoms with E-state index in [2.05, 4.69) is 111 Å². The van der Waals surface area contributed by atoms with Crippen LogP contribution in [0.15, 0.2) is 169 Å². The highest BCUT2D eigenvalue weighted by molar-refractivity contribution is 15.0. The van der Waals surface area contributed by atoms with Gasteiger partial charge in [0, 0.05) is 149 Å². The third kappa shape index (κ3) is 45.6. The summed E-state index contributed by atoms with van der Waals surface area (Å²) in [5, 5.41) is 15.6. The molecular formula is C94H139I2N12O9+. The van der Waals surface area contributed by atoms with Gasteiger partial charge in [0.2, 0.25) is 17.7 Å². The number of amides is 3. The maximum atomic E-state index is 12.2. The Morgan fingerprint density at radius 1 is 0.359 bits per heavy atom. The number of halogens is 2. The van der Waals surface area contributed by atoms with Gasteiger partial charge in [0.25, 0.3) is 0 Å². The molecule has 9 rings (SSSR count). The van der Waals surface area contributed by atoms with Crippen LogP contribution in [0.2, 0.25) is 0 Å². The van der Waals surface area contributed by atoms with Crippen molar-refractivity contribution in [1.82, 2.24) is 30.9 Å². The monoisotopic (exact) mass is 1830 g/mol. The minimum Gasteiger partial charge on any atom is -0.398 e. The molecule has 0 fully saturated rings. The third-order valence-electron chi connectivity index (χ3n) is 19.1. The van der Waals surface area contributed by atoms with Crippen LogP contribution in [0.25, 0.3) is 32.7 Å². The van der Waals surface area contributed by atoms with E-state index in [4.69, 9.17) is 11.3 Å². The van der Waals surface area contributed by atoms with Crippen LogP contribution in [0.1, 0.15) is 270 Å². The van der Waals surface area contributed by atoms with Crippen molar-refractivity contribution in [3.63, 3.8) is 0 Å². The van der Waals surface area contributed by atoms with Crippen LogP contribution < -0.4 is 44.4 Å². The Kier molecular flexibility index (Phi) is 62.9. The number of aryl methyl sites for hydroxylation is 1. The maximum Gasteiger partial charge on any atom is 0.220 e. The molecule has 0 aliphatic heterocycles. The summed E-state index contributed by atoms with van der Waals surface area (Å²) in [6.45, 7) is 17.8. The summed E-state index contributed by atoms with van der Waals surface area (Å²) in [6, 6.07) is 44.3. The predicted molar refractivity (Wildman–Crippen MR) is 503 cm³/mol. The molecule has 3 atom stereocenters. The van der Waals surface area contributed by atoms with Crippen LogP contribution in [0.5, 0.6) is 0 Å². The van der Waals surface area contributed by atoms with Crippen molar-refractivity contribution in [2.45, 2.75) is 261 Å². The summed E-state index contributed by atoms with van der Waals surface area (Å²) in [5.74, 6) is 0.0939. The fourth-order valence-electron chi connectivity index (χ4n) is 12.6. The standard InChI is InChI=1S/3C22H32N2O2.C9H10O.C8H8N2O.C8H9NO.3CH5N.I2/c3*1-3-4-5-6-7-8-9-14-22(26)24-21(17(2)25)15-18-16-23-20-13-11-10-12-19(18)20;1-7-5-3-4-6-9(7)8(2)10;1-6(11)7-4-2-3-5-8(7)10-9;1-6(10)7-4-2-3-5-8(7)9;4*1-2/h3*10-13,16,21,23H,3-9,14-15H2,1-2H3,(H,24,26);3-6H,1-2H3;2-5,9H,1H3;2-5H,9H2,1H3;3*2H2,1H3;/p+1. The lowest BCUT2D eigenvalue weighted by molar-refractivity contribution is -0.210. The van der Waals surface area contributed by atoms with Crippen molar-refractivity contribution < 1.29 is 48.7 Å². The number of carbonyl (C=O) groups is 9. The van der Waals surface area contributed by atoms with Crippen molar-refractivity contribution in [3.8, 4) is 0 Å². The van der Waals surface area contributed by atoms with E-state index in [1.807, 2.05) is 129 Å². The predicted octanol–water partition coefficient (Wildman–Crippen LogP) is 19.7. The highest BCUT2D eigenvalue weighted by Gasteiger charge is 2.22. The van der Waals surface area contributed by atoms with E-state index in [1.54, 1.807) is 70.2 Å². The molecule has 0 saturated carbocycles.